The minimum Gasteiger partial charge on any atom is -0.457 e. The molecule has 3 aromatic carbocycles. The van der Waals surface area contributed by atoms with E-state index in [0.29, 0.717) is 33.8 Å². The van der Waals surface area contributed by atoms with Gasteiger partial charge in [-0.25, -0.2) is 23.3 Å². The number of ether oxygens (including phenoxy) is 2. The first-order valence-electron chi connectivity index (χ1n) is 11.9. The van der Waals surface area contributed by atoms with Crippen LogP contribution < -0.4 is 24.8 Å². The highest BCUT2D eigenvalue weighted by Crippen LogP contribution is 2.38. The molecule has 39 heavy (non-hydrogen) atoms. The monoisotopic (exact) mass is 565 g/mol. The van der Waals surface area contributed by atoms with Gasteiger partial charge in [0.25, 0.3) is 0 Å². The second kappa shape index (κ2) is 11.3. The molecule has 0 radical (unpaired) electrons. The van der Waals surface area contributed by atoms with E-state index in [0.717, 1.165) is 5.56 Å². The number of nitrogens with one attached hydrogen (secondary N) is 1. The first-order valence-corrected chi connectivity index (χ1v) is 14.0. The van der Waals surface area contributed by atoms with Crippen LogP contribution in [0.5, 0.6) is 23.1 Å². The Hall–Kier alpha value is -4.19. The highest BCUT2D eigenvalue weighted by atomic mass is 35.5. The fourth-order valence-corrected chi connectivity index (χ4v) is 5.04. The fraction of sp³-hybridized carbons (Fsp3) is 0.148. The number of rotatable bonds is 9. The fourth-order valence-electron chi connectivity index (χ4n) is 4.33. The molecule has 0 bridgehead atoms. The molecule has 0 spiro atoms. The quantitative estimate of drug-likeness (QED) is 0.290. The number of nitrogens with zero attached hydrogens (tertiary/aromatic N) is 3. The van der Waals surface area contributed by atoms with Crippen LogP contribution >= 0.6 is 11.6 Å². The van der Waals surface area contributed by atoms with Gasteiger partial charge in [-0.2, -0.15) is 0 Å². The molecular formula is C27H24ClN5O5S. The van der Waals surface area contributed by atoms with Crippen molar-refractivity contribution in [1.82, 2.24) is 15.3 Å². The van der Waals surface area contributed by atoms with E-state index in [-0.39, 0.29) is 18.2 Å². The molecule has 2 unspecified atom stereocenters. The highest BCUT2D eigenvalue weighted by Gasteiger charge is 2.41. The summed E-state index contributed by atoms with van der Waals surface area (Å²) in [6.45, 7) is 0. The third-order valence-corrected chi connectivity index (χ3v) is 7.08. The van der Waals surface area contributed by atoms with Crippen LogP contribution in [0.25, 0.3) is 0 Å². The second-order valence-corrected chi connectivity index (χ2v) is 11.0. The van der Waals surface area contributed by atoms with Crippen molar-refractivity contribution in [3.05, 3.63) is 102 Å². The maximum atomic E-state index is 13.2. The zero-order chi connectivity index (χ0) is 27.4. The summed E-state index contributed by atoms with van der Waals surface area (Å²) < 4.78 is 35.2. The van der Waals surface area contributed by atoms with Gasteiger partial charge in [-0.1, -0.05) is 23.7 Å². The van der Waals surface area contributed by atoms with Crippen molar-refractivity contribution in [3.63, 3.8) is 0 Å². The number of nitrogens with two attached hydrogens (primary N) is 1. The number of urea groups is 1. The summed E-state index contributed by atoms with van der Waals surface area (Å²) in [5, 5.41) is 8.78. The van der Waals surface area contributed by atoms with Crippen LogP contribution in [0.4, 0.5) is 10.5 Å². The van der Waals surface area contributed by atoms with E-state index >= 15 is 0 Å². The molecule has 1 aliphatic heterocycles. The Kier molecular flexibility index (Phi) is 7.64. The van der Waals surface area contributed by atoms with Crippen LogP contribution in [0.1, 0.15) is 18.0 Å². The summed E-state index contributed by atoms with van der Waals surface area (Å²) in [5.41, 5.74) is 1.33. The molecule has 12 heteroatoms. The van der Waals surface area contributed by atoms with Gasteiger partial charge in [-0.05, 0) is 72.6 Å². The smallest absolute Gasteiger partial charge is 0.322 e. The van der Waals surface area contributed by atoms with Gasteiger partial charge in [0.15, 0.2) is 0 Å². The van der Waals surface area contributed by atoms with Gasteiger partial charge in [-0.3, -0.25) is 9.88 Å². The van der Waals surface area contributed by atoms with Crippen LogP contribution in [-0.2, 0) is 10.0 Å². The molecule has 3 N–H and O–H groups in total. The van der Waals surface area contributed by atoms with Gasteiger partial charge >= 0.3 is 6.03 Å². The van der Waals surface area contributed by atoms with Crippen LogP contribution in [0.3, 0.4) is 0 Å². The van der Waals surface area contributed by atoms with Crippen molar-refractivity contribution >= 4 is 33.3 Å². The van der Waals surface area contributed by atoms with Crippen molar-refractivity contribution in [2.45, 2.75) is 18.5 Å². The Morgan fingerprint density at radius 2 is 1.67 bits per heavy atom. The number of anilines is 1. The number of carbonyl (C=O) groups is 1. The largest absolute Gasteiger partial charge is 0.457 e. The SMILES string of the molecule is NS(=O)(=O)CCC1NC(=O)N(c2ccc(Oc3ccc(Cl)cc3)cc2)C1c1cccc(Oc2cnccn2)c1. The Labute approximate surface area is 230 Å². The second-order valence-electron chi connectivity index (χ2n) is 8.79. The zero-order valence-electron chi connectivity index (χ0n) is 20.5. The maximum absolute atomic E-state index is 13.2. The molecular weight excluding hydrogens is 542 g/mol. The number of benzene rings is 3. The number of carbonyl (C=O) groups excluding carboxylic acids is 1. The van der Waals surface area contributed by atoms with E-state index in [9.17, 15) is 13.2 Å². The van der Waals surface area contributed by atoms with Crippen molar-refractivity contribution in [2.75, 3.05) is 10.7 Å². The molecule has 1 fully saturated rings. The van der Waals surface area contributed by atoms with E-state index in [1.54, 1.807) is 77.8 Å². The lowest BCUT2D eigenvalue weighted by Gasteiger charge is -2.27. The molecule has 4 aromatic rings. The predicted octanol–water partition coefficient (Wildman–Crippen LogP) is 5.03. The molecule has 200 valence electrons. The number of aromatic nitrogens is 2. The molecule has 0 aliphatic carbocycles. The van der Waals surface area contributed by atoms with Crippen molar-refractivity contribution < 1.29 is 22.7 Å². The minimum atomic E-state index is -3.74. The Bertz CT molecular complexity index is 1550. The number of primary sulfonamides is 1. The average molecular weight is 566 g/mol. The average Bonchev–Trinajstić information content (AvgIpc) is 3.25. The third kappa shape index (κ3) is 6.63. The van der Waals surface area contributed by atoms with Gasteiger partial charge in [0, 0.05) is 23.1 Å². The number of hydrogen-bond acceptors (Lipinski definition) is 7. The van der Waals surface area contributed by atoms with E-state index in [4.69, 9.17) is 26.2 Å². The maximum Gasteiger partial charge on any atom is 0.322 e. The first-order chi connectivity index (χ1) is 18.7. The molecule has 2 amide bonds. The van der Waals surface area contributed by atoms with Crippen molar-refractivity contribution in [1.29, 1.82) is 0 Å². The molecule has 10 nitrogen and oxygen atoms in total. The molecule has 1 aromatic heterocycles. The van der Waals surface area contributed by atoms with Gasteiger partial charge in [-0.15, -0.1) is 0 Å². The number of amides is 2. The highest BCUT2D eigenvalue weighted by molar-refractivity contribution is 7.89. The van der Waals surface area contributed by atoms with Crippen LogP contribution in [-0.4, -0.2) is 36.2 Å². The zero-order valence-corrected chi connectivity index (χ0v) is 22.0. The van der Waals surface area contributed by atoms with Crippen LogP contribution in [0, 0.1) is 0 Å². The summed E-state index contributed by atoms with van der Waals surface area (Å²) in [6.07, 6.45) is 4.67. The number of sulfonamides is 1. The summed E-state index contributed by atoms with van der Waals surface area (Å²) in [6, 6.07) is 19.7. The van der Waals surface area contributed by atoms with E-state index in [1.807, 2.05) is 6.07 Å². The molecule has 1 aliphatic rings. The standard InChI is InChI=1S/C27H24ClN5O5S/c28-19-4-8-21(9-5-19)37-22-10-6-20(7-11-22)33-26(24(32-27(33)34)12-15-39(29,35)36)18-2-1-3-23(16-18)38-25-17-30-13-14-31-25/h1-11,13-14,16-17,24,26H,12,15H2,(H,32,34)(H2,29,35,36). The van der Waals surface area contributed by atoms with Gasteiger partial charge in [0.1, 0.15) is 17.2 Å². The molecule has 2 heterocycles. The molecule has 2 atom stereocenters. The van der Waals surface area contributed by atoms with Crippen molar-refractivity contribution in [3.8, 4) is 23.1 Å². The Balaban J connectivity index is 1.44. The third-order valence-electron chi connectivity index (χ3n) is 6.03. The minimum absolute atomic E-state index is 0.124. The van der Waals surface area contributed by atoms with E-state index < -0.39 is 22.1 Å². The Morgan fingerprint density at radius 3 is 2.33 bits per heavy atom. The topological polar surface area (TPSA) is 137 Å². The molecule has 1 saturated heterocycles. The number of halogens is 1. The number of hydrogen-bond donors (Lipinski definition) is 2. The van der Waals surface area contributed by atoms with Gasteiger partial charge in [0.05, 0.1) is 24.0 Å². The van der Waals surface area contributed by atoms with E-state index in [1.165, 1.54) is 12.4 Å². The van der Waals surface area contributed by atoms with E-state index in [2.05, 4.69) is 15.3 Å². The summed E-state index contributed by atoms with van der Waals surface area (Å²) in [4.78, 5) is 22.9. The lowest BCUT2D eigenvalue weighted by molar-refractivity contribution is 0.250. The lowest BCUT2D eigenvalue weighted by Crippen LogP contribution is -2.31. The predicted molar refractivity (Wildman–Crippen MR) is 147 cm³/mol. The summed E-state index contributed by atoms with van der Waals surface area (Å²) in [7, 11) is -3.74. The van der Waals surface area contributed by atoms with Gasteiger partial charge < -0.3 is 14.8 Å². The van der Waals surface area contributed by atoms with Crippen molar-refractivity contribution in [2.24, 2.45) is 5.14 Å². The van der Waals surface area contributed by atoms with Crippen LogP contribution in [0.2, 0.25) is 5.02 Å². The summed E-state index contributed by atoms with van der Waals surface area (Å²) >= 11 is 5.94. The lowest BCUT2D eigenvalue weighted by atomic mass is 9.97. The van der Waals surface area contributed by atoms with Crippen LogP contribution in [0.15, 0.2) is 91.4 Å². The molecule has 0 saturated carbocycles. The first kappa shape index (κ1) is 26.4. The van der Waals surface area contributed by atoms with Gasteiger partial charge in [0.2, 0.25) is 15.9 Å². The molecule has 5 rings (SSSR count). The Morgan fingerprint density at radius 1 is 0.949 bits per heavy atom. The summed E-state index contributed by atoms with van der Waals surface area (Å²) in [5.74, 6) is 1.71. The normalized spacial score (nSPS) is 17.1.